The molecule has 0 aromatic carbocycles. The van der Waals surface area contributed by atoms with Crippen LogP contribution in [0, 0.1) is 0 Å². The van der Waals surface area contributed by atoms with Crippen LogP contribution in [0.5, 0.6) is 0 Å². The van der Waals surface area contributed by atoms with Crippen molar-refractivity contribution in [3.05, 3.63) is 22.8 Å². The van der Waals surface area contributed by atoms with Gasteiger partial charge in [0.15, 0.2) is 5.82 Å². The van der Waals surface area contributed by atoms with Crippen molar-refractivity contribution in [2.45, 2.75) is 6.18 Å². The topological polar surface area (TPSA) is 79.3 Å². The van der Waals surface area contributed by atoms with E-state index in [2.05, 4.69) is 4.98 Å². The van der Waals surface area contributed by atoms with Gasteiger partial charge in [0.05, 0.1) is 10.6 Å². The minimum absolute atomic E-state index is 0. The summed E-state index contributed by atoms with van der Waals surface area (Å²) in [5.74, 6) is -0.586. The van der Waals surface area contributed by atoms with E-state index in [0.29, 0.717) is 12.3 Å². The Balaban J connectivity index is 0.00000256. The number of alkyl halides is 3. The van der Waals surface area contributed by atoms with Crippen LogP contribution in [0.3, 0.4) is 0 Å². The quantitative estimate of drug-likeness (QED) is 0.638. The molecule has 11 heteroatoms. The van der Waals surface area contributed by atoms with Crippen LogP contribution in [0.2, 0.25) is 5.02 Å². The van der Waals surface area contributed by atoms with Gasteiger partial charge >= 0.3 is 46.0 Å². The first-order chi connectivity index (χ1) is 7.09. The third-order valence-electron chi connectivity index (χ3n) is 1.39. The zero-order valence-electron chi connectivity index (χ0n) is 7.29. The summed E-state index contributed by atoms with van der Waals surface area (Å²) in [7, 11) is -4.63. The SMILES string of the molecule is O=S(=O)(O)Nc1ncc(C(F)(F)F)cc1Cl.[NaH]. The van der Waals surface area contributed by atoms with Gasteiger partial charge in [-0.3, -0.25) is 4.55 Å². The summed E-state index contributed by atoms with van der Waals surface area (Å²) in [4.78, 5) is 3.13. The number of hydrogen-bond donors (Lipinski definition) is 2. The predicted octanol–water partition coefficient (Wildman–Crippen LogP) is 1.32. The molecule has 2 N–H and O–H groups in total. The molecule has 1 heterocycles. The standard InChI is InChI=1S/C6H4ClF3N2O3S.Na.H/c7-4-1-3(6(8,9)10)2-11-5(4)12-16(13,14)15;;/h1-2H,(H,11,12)(H,13,14,15);;. The number of nitrogens with zero attached hydrogens (tertiary/aromatic N) is 1. The summed E-state index contributed by atoms with van der Waals surface area (Å²) in [5, 5.41) is -0.576. The van der Waals surface area contributed by atoms with Gasteiger partial charge in [0.2, 0.25) is 0 Å². The molecule has 0 saturated carbocycles. The van der Waals surface area contributed by atoms with E-state index in [0.717, 1.165) is 0 Å². The molecular weight excluding hydrogens is 296 g/mol. The van der Waals surface area contributed by atoms with Crippen molar-refractivity contribution in [1.82, 2.24) is 4.98 Å². The second kappa shape index (κ2) is 5.72. The molecule has 0 radical (unpaired) electrons. The van der Waals surface area contributed by atoms with Crippen LogP contribution in [0.4, 0.5) is 19.0 Å². The Labute approximate surface area is 122 Å². The fourth-order valence-electron chi connectivity index (χ4n) is 0.790. The molecule has 92 valence electrons. The summed E-state index contributed by atoms with van der Waals surface area (Å²) < 4.78 is 67.0. The van der Waals surface area contributed by atoms with Crippen molar-refractivity contribution in [1.29, 1.82) is 0 Å². The summed E-state index contributed by atoms with van der Waals surface area (Å²) in [5.41, 5.74) is -1.13. The number of hydrogen-bond acceptors (Lipinski definition) is 3. The first-order valence-electron chi connectivity index (χ1n) is 3.57. The Morgan fingerprint density at radius 2 is 1.94 bits per heavy atom. The molecule has 0 amide bonds. The van der Waals surface area contributed by atoms with Crippen molar-refractivity contribution in [3.8, 4) is 0 Å². The van der Waals surface area contributed by atoms with Gasteiger partial charge in [-0.05, 0) is 6.07 Å². The minimum atomic E-state index is -4.63. The zero-order valence-corrected chi connectivity index (χ0v) is 8.86. The van der Waals surface area contributed by atoms with E-state index in [9.17, 15) is 21.6 Å². The first-order valence-corrected chi connectivity index (χ1v) is 5.39. The summed E-state index contributed by atoms with van der Waals surface area (Å²) in [6.07, 6.45) is -4.24. The molecule has 0 aliphatic carbocycles. The maximum atomic E-state index is 12.2. The number of rotatable bonds is 2. The number of aromatic nitrogens is 1. The number of pyridine rings is 1. The van der Waals surface area contributed by atoms with Crippen LogP contribution < -0.4 is 4.72 Å². The van der Waals surface area contributed by atoms with E-state index in [1.807, 2.05) is 0 Å². The van der Waals surface area contributed by atoms with Gasteiger partial charge in [0, 0.05) is 6.20 Å². The Bertz CT molecular complexity index is 508. The predicted molar refractivity (Wildman–Crippen MR) is 56.6 cm³/mol. The molecule has 1 rings (SSSR count). The molecule has 1 aromatic rings. The van der Waals surface area contributed by atoms with E-state index in [4.69, 9.17) is 16.2 Å². The molecule has 0 aliphatic heterocycles. The molecule has 0 saturated heterocycles. The Hall–Kier alpha value is -0.0600. The average Bonchev–Trinajstić information content (AvgIpc) is 2.04. The van der Waals surface area contributed by atoms with E-state index in [1.54, 1.807) is 0 Å². The van der Waals surface area contributed by atoms with Gasteiger partial charge < -0.3 is 0 Å². The number of anilines is 1. The van der Waals surface area contributed by atoms with Gasteiger partial charge in [0.1, 0.15) is 0 Å². The van der Waals surface area contributed by atoms with Gasteiger partial charge in [0.25, 0.3) is 0 Å². The Morgan fingerprint density at radius 3 is 2.29 bits per heavy atom. The van der Waals surface area contributed by atoms with Crippen molar-refractivity contribution in [3.63, 3.8) is 0 Å². The number of halogens is 4. The van der Waals surface area contributed by atoms with Crippen LogP contribution in [0.25, 0.3) is 0 Å². The summed E-state index contributed by atoms with van der Waals surface area (Å²) in [6, 6.07) is 0.488. The molecule has 0 aliphatic rings. The van der Waals surface area contributed by atoms with Gasteiger partial charge in [-0.25, -0.2) is 9.71 Å². The molecule has 0 spiro atoms. The van der Waals surface area contributed by atoms with Crippen molar-refractivity contribution in [2.24, 2.45) is 0 Å². The number of nitrogens with one attached hydrogen (secondary N) is 1. The monoisotopic (exact) mass is 300 g/mol. The molecule has 0 atom stereocenters. The van der Waals surface area contributed by atoms with E-state index in [-0.39, 0.29) is 29.6 Å². The van der Waals surface area contributed by atoms with Crippen molar-refractivity contribution >= 4 is 57.3 Å². The summed E-state index contributed by atoms with van der Waals surface area (Å²) in [6.45, 7) is 0. The molecule has 0 fully saturated rings. The van der Waals surface area contributed by atoms with E-state index >= 15 is 0 Å². The molecular formula is C6H5ClF3N2NaO3S. The van der Waals surface area contributed by atoms with Crippen LogP contribution in [0.1, 0.15) is 5.56 Å². The third kappa shape index (κ3) is 5.40. The Morgan fingerprint density at radius 1 is 1.41 bits per heavy atom. The summed E-state index contributed by atoms with van der Waals surface area (Å²) >= 11 is 5.34. The van der Waals surface area contributed by atoms with Crippen LogP contribution in [-0.2, 0) is 16.5 Å². The first kappa shape index (κ1) is 16.9. The molecule has 17 heavy (non-hydrogen) atoms. The van der Waals surface area contributed by atoms with Crippen LogP contribution >= 0.6 is 11.6 Å². The molecule has 0 bridgehead atoms. The van der Waals surface area contributed by atoms with Gasteiger partial charge in [-0.15, -0.1) is 0 Å². The van der Waals surface area contributed by atoms with E-state index in [1.165, 1.54) is 4.72 Å². The van der Waals surface area contributed by atoms with Crippen LogP contribution in [0.15, 0.2) is 12.3 Å². The second-order valence-corrected chi connectivity index (χ2v) is 4.19. The van der Waals surface area contributed by atoms with Gasteiger partial charge in [-0.2, -0.15) is 21.6 Å². The third-order valence-corrected chi connectivity index (χ3v) is 2.13. The molecule has 5 nitrogen and oxygen atoms in total. The van der Waals surface area contributed by atoms with Crippen molar-refractivity contribution < 1.29 is 26.1 Å². The second-order valence-electron chi connectivity index (χ2n) is 2.63. The maximum absolute atomic E-state index is 12.2. The van der Waals surface area contributed by atoms with E-state index < -0.39 is 32.9 Å². The van der Waals surface area contributed by atoms with Gasteiger partial charge in [-0.1, -0.05) is 11.6 Å². The zero-order chi connectivity index (χ0) is 12.6. The van der Waals surface area contributed by atoms with Crippen LogP contribution in [-0.4, -0.2) is 47.5 Å². The fraction of sp³-hybridized carbons (Fsp3) is 0.167. The average molecular weight is 301 g/mol. The fourth-order valence-corrected chi connectivity index (χ4v) is 1.47. The molecule has 0 unspecified atom stereocenters. The normalized spacial score (nSPS) is 11.8. The molecule has 1 aromatic heterocycles. The Kier molecular flexibility index (Phi) is 5.70. The van der Waals surface area contributed by atoms with Crippen molar-refractivity contribution in [2.75, 3.05) is 4.72 Å².